The number of rotatable bonds is 4. The number of nitrogens with zero attached hydrogens (tertiary/aromatic N) is 2. The van der Waals surface area contributed by atoms with Crippen LogP contribution < -0.4 is 21.3 Å². The van der Waals surface area contributed by atoms with Crippen molar-refractivity contribution in [2.45, 2.75) is 31.6 Å². The van der Waals surface area contributed by atoms with Crippen LogP contribution in [0.25, 0.3) is 0 Å². The van der Waals surface area contributed by atoms with Crippen molar-refractivity contribution in [1.29, 1.82) is 0 Å². The van der Waals surface area contributed by atoms with E-state index in [1.807, 2.05) is 0 Å². The molecule has 0 saturated carbocycles. The molecule has 2 fully saturated rings. The van der Waals surface area contributed by atoms with Crippen molar-refractivity contribution >= 4 is 34.7 Å². The molecular formula is C11H22N6S2. The summed E-state index contributed by atoms with van der Waals surface area (Å²) in [6, 6.07) is 0. The molecule has 0 aromatic carbocycles. The Morgan fingerprint density at radius 3 is 1.79 bits per heavy atom. The Labute approximate surface area is 125 Å². The molecule has 6 nitrogen and oxygen atoms in total. The van der Waals surface area contributed by atoms with Crippen molar-refractivity contribution in [2.75, 3.05) is 27.4 Å². The highest BCUT2D eigenvalue weighted by Gasteiger charge is 2.23. The first kappa shape index (κ1) is 14.7. The number of hydrogen-bond acceptors (Lipinski definition) is 4. The van der Waals surface area contributed by atoms with E-state index in [-0.39, 0.29) is 0 Å². The molecule has 0 amide bonds. The fourth-order valence-electron chi connectivity index (χ4n) is 2.33. The Balaban J connectivity index is 1.73. The molecule has 0 spiro atoms. The third-order valence-corrected chi connectivity index (χ3v) is 4.12. The average molecular weight is 302 g/mol. The average Bonchev–Trinajstić information content (AvgIpc) is 2.38. The zero-order chi connectivity index (χ0) is 13.8. The van der Waals surface area contributed by atoms with Gasteiger partial charge in [0.25, 0.3) is 0 Å². The van der Waals surface area contributed by atoms with Crippen LogP contribution >= 0.6 is 24.4 Å². The van der Waals surface area contributed by atoms with Crippen molar-refractivity contribution < 1.29 is 0 Å². The summed E-state index contributed by atoms with van der Waals surface area (Å²) in [5, 5.41) is 14.3. The van der Waals surface area contributed by atoms with E-state index in [9.17, 15) is 0 Å². The van der Waals surface area contributed by atoms with Gasteiger partial charge in [-0.15, -0.1) is 0 Å². The van der Waals surface area contributed by atoms with Crippen LogP contribution in [-0.2, 0) is 0 Å². The lowest BCUT2D eigenvalue weighted by atomic mass is 10.1. The van der Waals surface area contributed by atoms with Crippen molar-refractivity contribution in [3.63, 3.8) is 0 Å². The highest BCUT2D eigenvalue weighted by molar-refractivity contribution is 7.80. The van der Waals surface area contributed by atoms with Gasteiger partial charge in [0.2, 0.25) is 0 Å². The van der Waals surface area contributed by atoms with Crippen LogP contribution in [0.3, 0.4) is 0 Å². The normalized spacial score (nSPS) is 29.2. The molecule has 2 unspecified atom stereocenters. The van der Waals surface area contributed by atoms with Crippen LogP contribution in [-0.4, -0.2) is 59.8 Å². The molecule has 0 aliphatic carbocycles. The lowest BCUT2D eigenvalue weighted by Gasteiger charge is -2.37. The van der Waals surface area contributed by atoms with E-state index < -0.39 is 0 Å². The maximum Gasteiger partial charge on any atom is 0.168 e. The lowest BCUT2D eigenvalue weighted by Crippen LogP contribution is -2.60. The van der Waals surface area contributed by atoms with Gasteiger partial charge in [-0.25, -0.2) is 0 Å². The quantitative estimate of drug-likeness (QED) is 0.521. The first-order chi connectivity index (χ1) is 9.06. The number of nitrogens with one attached hydrogen (secondary N) is 4. The predicted octanol–water partition coefficient (Wildman–Crippen LogP) is -0.457. The summed E-state index contributed by atoms with van der Waals surface area (Å²) in [6.45, 7) is 1.62. The third-order valence-electron chi connectivity index (χ3n) is 3.59. The van der Waals surface area contributed by atoms with Crippen LogP contribution in [0, 0.1) is 0 Å². The summed E-state index contributed by atoms with van der Waals surface area (Å²) < 4.78 is 0. The second-order valence-electron chi connectivity index (χ2n) is 5.09. The Hall–Kier alpha value is -0.700. The molecule has 8 heteroatoms. The molecular weight excluding hydrogens is 280 g/mol. The third kappa shape index (κ3) is 4.13. The van der Waals surface area contributed by atoms with Crippen molar-refractivity contribution in [3.05, 3.63) is 0 Å². The molecule has 19 heavy (non-hydrogen) atoms. The monoisotopic (exact) mass is 302 g/mol. The zero-order valence-electron chi connectivity index (χ0n) is 11.4. The van der Waals surface area contributed by atoms with Crippen LogP contribution in [0.15, 0.2) is 0 Å². The largest absolute Gasteiger partial charge is 0.350 e. The maximum atomic E-state index is 5.15. The van der Waals surface area contributed by atoms with Crippen molar-refractivity contribution in [2.24, 2.45) is 0 Å². The van der Waals surface area contributed by atoms with Gasteiger partial charge in [-0.2, -0.15) is 0 Å². The molecule has 0 aromatic heterocycles. The van der Waals surface area contributed by atoms with E-state index in [0.717, 1.165) is 42.8 Å². The van der Waals surface area contributed by atoms with Crippen LogP contribution in [0.5, 0.6) is 0 Å². The second kappa shape index (κ2) is 6.65. The summed E-state index contributed by atoms with van der Waals surface area (Å²) in [6.07, 6.45) is 3.92. The molecule has 2 aliphatic heterocycles. The van der Waals surface area contributed by atoms with Gasteiger partial charge in [-0.3, -0.25) is 9.80 Å². The molecule has 2 aliphatic rings. The summed E-state index contributed by atoms with van der Waals surface area (Å²) in [4.78, 5) is 4.47. The van der Waals surface area contributed by atoms with Crippen molar-refractivity contribution in [1.82, 2.24) is 31.1 Å². The predicted molar refractivity (Wildman–Crippen MR) is 84.4 cm³/mol. The minimum Gasteiger partial charge on any atom is -0.350 e. The smallest absolute Gasteiger partial charge is 0.168 e. The molecule has 0 aromatic rings. The maximum absolute atomic E-state index is 5.15. The SMILES string of the molecule is CN1CNC(=S)NC1CCCC1NC(=S)NCN1C. The molecule has 108 valence electrons. The fraction of sp³-hybridized carbons (Fsp3) is 0.818. The fourth-order valence-corrected chi connectivity index (χ4v) is 2.73. The Bertz CT molecular complexity index is 318. The second-order valence-corrected chi connectivity index (χ2v) is 5.91. The number of thiocarbonyl (C=S) groups is 2. The molecule has 2 atom stereocenters. The van der Waals surface area contributed by atoms with Crippen molar-refractivity contribution in [3.8, 4) is 0 Å². The highest BCUT2D eigenvalue weighted by Crippen LogP contribution is 2.11. The first-order valence-electron chi connectivity index (χ1n) is 6.55. The van der Waals surface area contributed by atoms with Gasteiger partial charge < -0.3 is 21.3 Å². The summed E-state index contributed by atoms with van der Waals surface area (Å²) >= 11 is 10.3. The van der Waals surface area contributed by atoms with E-state index in [1.54, 1.807) is 0 Å². The standard InChI is InChI=1S/C11H22N6S2/c1-16-6-12-10(18)14-8(16)4-3-5-9-15-11(19)13-7-17(9)2/h8-9H,3-7H2,1-2H3,(H2,12,14,18)(H2,13,15,19). The Morgan fingerprint density at radius 1 is 0.947 bits per heavy atom. The molecule has 2 rings (SSSR count). The summed E-state index contributed by atoms with van der Waals surface area (Å²) in [5.74, 6) is 0. The molecule has 2 heterocycles. The molecule has 0 bridgehead atoms. The van der Waals surface area contributed by atoms with Gasteiger partial charge in [0, 0.05) is 0 Å². The highest BCUT2D eigenvalue weighted by atomic mass is 32.1. The van der Waals surface area contributed by atoms with Gasteiger partial charge in [-0.05, 0) is 57.8 Å². The van der Waals surface area contributed by atoms with Crippen LogP contribution in [0.1, 0.15) is 19.3 Å². The van der Waals surface area contributed by atoms with E-state index in [4.69, 9.17) is 24.4 Å². The topological polar surface area (TPSA) is 54.6 Å². The molecule has 0 radical (unpaired) electrons. The van der Waals surface area contributed by atoms with E-state index >= 15 is 0 Å². The minimum atomic E-state index is 0.327. The first-order valence-corrected chi connectivity index (χ1v) is 7.37. The zero-order valence-corrected chi connectivity index (χ0v) is 13.0. The van der Waals surface area contributed by atoms with Crippen LogP contribution in [0.4, 0.5) is 0 Å². The van der Waals surface area contributed by atoms with Gasteiger partial charge in [-0.1, -0.05) is 0 Å². The van der Waals surface area contributed by atoms with Gasteiger partial charge in [0.1, 0.15) is 0 Å². The summed E-state index contributed by atoms with van der Waals surface area (Å²) in [5.41, 5.74) is 0. The molecule has 4 N–H and O–H groups in total. The lowest BCUT2D eigenvalue weighted by molar-refractivity contribution is 0.162. The molecule has 2 saturated heterocycles. The van der Waals surface area contributed by atoms with Gasteiger partial charge in [0.15, 0.2) is 10.2 Å². The van der Waals surface area contributed by atoms with Crippen LogP contribution in [0.2, 0.25) is 0 Å². The van der Waals surface area contributed by atoms with Gasteiger partial charge in [0.05, 0.1) is 25.7 Å². The van der Waals surface area contributed by atoms with E-state index in [0.29, 0.717) is 12.3 Å². The Morgan fingerprint density at radius 2 is 1.37 bits per heavy atom. The summed E-state index contributed by atoms with van der Waals surface area (Å²) in [7, 11) is 4.19. The van der Waals surface area contributed by atoms with E-state index in [1.165, 1.54) is 0 Å². The minimum absolute atomic E-state index is 0.327. The van der Waals surface area contributed by atoms with Gasteiger partial charge >= 0.3 is 0 Å². The number of hydrogen-bond donors (Lipinski definition) is 4. The Kier molecular flexibility index (Phi) is 5.14. The van der Waals surface area contributed by atoms with E-state index in [2.05, 4.69) is 45.2 Å².